The van der Waals surface area contributed by atoms with Crippen molar-refractivity contribution in [3.05, 3.63) is 72.3 Å². The van der Waals surface area contributed by atoms with E-state index in [1.54, 1.807) is 13.2 Å². The first-order valence-electron chi connectivity index (χ1n) is 7.81. The van der Waals surface area contributed by atoms with Crippen LogP contribution in [0.1, 0.15) is 5.56 Å². The summed E-state index contributed by atoms with van der Waals surface area (Å²) >= 11 is 0. The minimum Gasteiger partial charge on any atom is -0.507 e. The quantitative estimate of drug-likeness (QED) is 0.671. The van der Waals surface area contributed by atoms with Crippen LogP contribution >= 0.6 is 0 Å². The van der Waals surface area contributed by atoms with Crippen molar-refractivity contribution in [3.63, 3.8) is 0 Å². The Hall–Kier alpha value is -2.78. The molecule has 3 heteroatoms. The fourth-order valence-electron chi connectivity index (χ4n) is 2.73. The molecule has 3 aromatic carbocycles. The summed E-state index contributed by atoms with van der Waals surface area (Å²) < 4.78 is 11.0. The Morgan fingerprint density at radius 1 is 0.833 bits per heavy atom. The third-order valence-electron chi connectivity index (χ3n) is 3.86. The first kappa shape index (κ1) is 16.1. The molecule has 0 aliphatic rings. The van der Waals surface area contributed by atoms with Crippen molar-refractivity contribution in [2.45, 2.75) is 6.92 Å². The van der Waals surface area contributed by atoms with Crippen LogP contribution in [-0.2, 0) is 4.74 Å². The number of methoxy groups -OCH3 is 1. The van der Waals surface area contributed by atoms with Crippen molar-refractivity contribution >= 4 is 0 Å². The summed E-state index contributed by atoms with van der Waals surface area (Å²) in [5.74, 6) is 0.930. The fraction of sp³-hybridized carbons (Fsp3) is 0.143. The van der Waals surface area contributed by atoms with Crippen LogP contribution in [0, 0.1) is 6.92 Å². The Morgan fingerprint density at radius 2 is 1.58 bits per heavy atom. The number of phenols is 1. The summed E-state index contributed by atoms with van der Waals surface area (Å²) in [6.07, 6.45) is 0. The number of aryl methyl sites for hydroxylation is 1. The summed E-state index contributed by atoms with van der Waals surface area (Å²) in [4.78, 5) is 0. The van der Waals surface area contributed by atoms with Crippen molar-refractivity contribution in [1.29, 1.82) is 0 Å². The molecule has 3 rings (SSSR count). The topological polar surface area (TPSA) is 38.7 Å². The van der Waals surface area contributed by atoms with Gasteiger partial charge in [0, 0.05) is 23.8 Å². The van der Waals surface area contributed by atoms with E-state index in [0.717, 1.165) is 27.8 Å². The highest BCUT2D eigenvalue weighted by Crippen LogP contribution is 2.42. The van der Waals surface area contributed by atoms with Gasteiger partial charge >= 0.3 is 0 Å². The van der Waals surface area contributed by atoms with Crippen molar-refractivity contribution < 1.29 is 14.6 Å². The highest BCUT2D eigenvalue weighted by Gasteiger charge is 2.16. The van der Waals surface area contributed by atoms with Crippen LogP contribution in [0.25, 0.3) is 22.3 Å². The molecule has 0 saturated heterocycles. The van der Waals surface area contributed by atoms with Crippen molar-refractivity contribution in [2.75, 3.05) is 13.9 Å². The fourth-order valence-corrected chi connectivity index (χ4v) is 2.73. The number of aromatic hydroxyl groups is 1. The minimum atomic E-state index is 0.142. The van der Waals surface area contributed by atoms with Crippen molar-refractivity contribution in [1.82, 2.24) is 0 Å². The Labute approximate surface area is 142 Å². The standard InChI is InChI=1S/C21H20O3/c1-15-11-12-20(22)19(13-15)18-10-6-9-17(21(18)24-14-23-2)16-7-4-3-5-8-16/h3-13,22H,14H2,1-2H3. The molecule has 0 atom stereocenters. The van der Waals surface area contributed by atoms with Gasteiger partial charge in [-0.1, -0.05) is 60.2 Å². The Kier molecular flexibility index (Phi) is 4.82. The van der Waals surface area contributed by atoms with E-state index in [0.29, 0.717) is 5.75 Å². The summed E-state index contributed by atoms with van der Waals surface area (Å²) in [7, 11) is 1.59. The van der Waals surface area contributed by atoms with Crippen LogP contribution < -0.4 is 4.74 Å². The van der Waals surface area contributed by atoms with Crippen LogP contribution in [0.2, 0.25) is 0 Å². The van der Waals surface area contributed by atoms with Crippen LogP contribution in [0.5, 0.6) is 11.5 Å². The number of ether oxygens (including phenoxy) is 2. The molecule has 0 aliphatic carbocycles. The SMILES string of the molecule is COCOc1c(-c2ccccc2)cccc1-c1cc(C)ccc1O. The largest absolute Gasteiger partial charge is 0.507 e. The first-order valence-corrected chi connectivity index (χ1v) is 7.81. The lowest BCUT2D eigenvalue weighted by atomic mass is 9.96. The van der Waals surface area contributed by atoms with Crippen LogP contribution in [0.15, 0.2) is 66.7 Å². The molecule has 3 nitrogen and oxygen atoms in total. The van der Waals surface area contributed by atoms with E-state index >= 15 is 0 Å². The first-order chi connectivity index (χ1) is 11.7. The lowest BCUT2D eigenvalue weighted by Gasteiger charge is -2.17. The van der Waals surface area contributed by atoms with Crippen LogP contribution in [0.3, 0.4) is 0 Å². The predicted molar refractivity (Wildman–Crippen MR) is 96.2 cm³/mol. The van der Waals surface area contributed by atoms with E-state index in [1.807, 2.05) is 67.6 Å². The van der Waals surface area contributed by atoms with Crippen molar-refractivity contribution in [3.8, 4) is 33.8 Å². The molecule has 24 heavy (non-hydrogen) atoms. The number of hydrogen-bond acceptors (Lipinski definition) is 3. The maximum atomic E-state index is 10.3. The van der Waals surface area contributed by atoms with Crippen LogP contribution in [0.4, 0.5) is 0 Å². The second-order valence-corrected chi connectivity index (χ2v) is 5.62. The Morgan fingerprint density at radius 3 is 2.33 bits per heavy atom. The highest BCUT2D eigenvalue weighted by atomic mass is 16.7. The summed E-state index contributed by atoms with van der Waals surface area (Å²) in [6.45, 7) is 2.14. The van der Waals surface area contributed by atoms with E-state index in [1.165, 1.54) is 0 Å². The molecule has 0 aliphatic heterocycles. The zero-order valence-corrected chi connectivity index (χ0v) is 13.8. The number of benzene rings is 3. The monoisotopic (exact) mass is 320 g/mol. The molecule has 3 aromatic rings. The molecule has 0 aromatic heterocycles. The second kappa shape index (κ2) is 7.20. The normalized spacial score (nSPS) is 10.6. The van der Waals surface area contributed by atoms with Crippen LogP contribution in [-0.4, -0.2) is 19.0 Å². The lowest BCUT2D eigenvalue weighted by molar-refractivity contribution is 0.0519. The van der Waals surface area contributed by atoms with Crippen molar-refractivity contribution in [2.24, 2.45) is 0 Å². The van der Waals surface area contributed by atoms with Gasteiger partial charge in [-0.25, -0.2) is 0 Å². The van der Waals surface area contributed by atoms with Gasteiger partial charge in [0.1, 0.15) is 11.5 Å². The summed E-state index contributed by atoms with van der Waals surface area (Å²) in [5, 5.41) is 10.3. The van der Waals surface area contributed by atoms with Gasteiger partial charge in [-0.15, -0.1) is 0 Å². The Balaban J connectivity index is 2.20. The Bertz CT molecular complexity index is 826. The molecule has 1 N–H and O–H groups in total. The minimum absolute atomic E-state index is 0.142. The molecular formula is C21H20O3. The molecule has 0 amide bonds. The molecule has 122 valence electrons. The van der Waals surface area contributed by atoms with Gasteiger partial charge in [0.05, 0.1) is 0 Å². The number of para-hydroxylation sites is 1. The molecule has 0 heterocycles. The van der Waals surface area contributed by atoms with E-state index < -0.39 is 0 Å². The third-order valence-corrected chi connectivity index (χ3v) is 3.86. The van der Waals surface area contributed by atoms with Gasteiger partial charge in [-0.2, -0.15) is 0 Å². The van der Waals surface area contributed by atoms with Gasteiger partial charge in [0.25, 0.3) is 0 Å². The van der Waals surface area contributed by atoms with Gasteiger partial charge in [-0.05, 0) is 24.6 Å². The maximum absolute atomic E-state index is 10.3. The van der Waals surface area contributed by atoms with E-state index in [9.17, 15) is 5.11 Å². The zero-order chi connectivity index (χ0) is 16.9. The summed E-state index contributed by atoms with van der Waals surface area (Å²) in [5.41, 5.74) is 4.68. The van der Waals surface area contributed by atoms with Gasteiger partial charge < -0.3 is 14.6 Å². The van der Waals surface area contributed by atoms with E-state index in [-0.39, 0.29) is 12.5 Å². The van der Waals surface area contributed by atoms with E-state index in [4.69, 9.17) is 9.47 Å². The molecule has 0 saturated carbocycles. The van der Waals surface area contributed by atoms with E-state index in [2.05, 4.69) is 0 Å². The molecule has 0 bridgehead atoms. The predicted octanol–water partition coefficient (Wildman–Crippen LogP) is 5.02. The lowest BCUT2D eigenvalue weighted by Crippen LogP contribution is -2.02. The highest BCUT2D eigenvalue weighted by molar-refractivity contribution is 5.84. The second-order valence-electron chi connectivity index (χ2n) is 5.62. The van der Waals surface area contributed by atoms with Gasteiger partial charge in [0.2, 0.25) is 0 Å². The zero-order valence-electron chi connectivity index (χ0n) is 13.8. The van der Waals surface area contributed by atoms with Gasteiger partial charge in [-0.3, -0.25) is 0 Å². The smallest absolute Gasteiger partial charge is 0.188 e. The molecular weight excluding hydrogens is 300 g/mol. The molecule has 0 spiro atoms. The van der Waals surface area contributed by atoms with Gasteiger partial charge in [0.15, 0.2) is 6.79 Å². The third kappa shape index (κ3) is 3.26. The average molecular weight is 320 g/mol. The summed E-state index contributed by atoms with van der Waals surface area (Å²) in [6, 6.07) is 21.5. The molecule has 0 fully saturated rings. The average Bonchev–Trinajstić information content (AvgIpc) is 2.62. The molecule has 0 unspecified atom stereocenters. The number of phenolic OH excluding ortho intramolecular Hbond substituents is 1. The molecule has 0 radical (unpaired) electrons. The number of rotatable bonds is 5. The number of hydrogen-bond donors (Lipinski definition) is 1. The maximum Gasteiger partial charge on any atom is 0.188 e.